The van der Waals surface area contributed by atoms with Crippen molar-refractivity contribution in [3.05, 3.63) is 0 Å². The quantitative estimate of drug-likeness (QED) is 0.0686. The number of hydrogen-bond acceptors (Lipinski definition) is 12. The van der Waals surface area contributed by atoms with Crippen LogP contribution in [0.25, 0.3) is 0 Å². The van der Waals surface area contributed by atoms with Gasteiger partial charge in [-0.2, -0.15) is 0 Å². The van der Waals surface area contributed by atoms with Crippen LogP contribution in [0, 0.1) is 0 Å². The minimum Gasteiger partial charge on any atom is -0.546 e. The van der Waals surface area contributed by atoms with Crippen LogP contribution in [0.1, 0.15) is 159 Å². The zero-order valence-electron chi connectivity index (χ0n) is 31.7. The van der Waals surface area contributed by atoms with Crippen LogP contribution in [-0.2, 0) is 43.0 Å². The van der Waals surface area contributed by atoms with Gasteiger partial charge in [0.25, 0.3) is 0 Å². The summed E-state index contributed by atoms with van der Waals surface area (Å²) in [6.07, 6.45) is 7.79. The number of ketones is 3. The van der Waals surface area contributed by atoms with Gasteiger partial charge in [-0.1, -0.05) is 81.6 Å². The van der Waals surface area contributed by atoms with Gasteiger partial charge in [0.15, 0.2) is 34.2 Å². The Bertz CT molecular complexity index is 837. The molecule has 0 heterocycles. The molecule has 0 aliphatic rings. The van der Waals surface area contributed by atoms with Crippen molar-refractivity contribution >= 4 is 52.6 Å². The zero-order valence-corrected chi connectivity index (χ0v) is 32.9. The third-order valence-electron chi connectivity index (χ3n) is 7.80. The first-order valence-electron chi connectivity index (χ1n) is 17.8. The van der Waals surface area contributed by atoms with Crippen LogP contribution in [0.5, 0.6) is 0 Å². The molecule has 0 aliphatic heterocycles. The van der Waals surface area contributed by atoms with Crippen LogP contribution in [0.3, 0.4) is 0 Å². The topological polar surface area (TPSA) is 199 Å². The van der Waals surface area contributed by atoms with E-state index in [4.69, 9.17) is 14.2 Å². The molecule has 12 nitrogen and oxygen atoms in total. The largest absolute Gasteiger partial charge is 3.00 e. The van der Waals surface area contributed by atoms with Crippen molar-refractivity contribution in [3.8, 4) is 0 Å². The Morgan fingerprint density at radius 3 is 0.735 bits per heavy atom. The van der Waals surface area contributed by atoms with E-state index in [0.717, 1.165) is 38.5 Å². The number of hydrogen-bond donors (Lipinski definition) is 0. The number of aliphatic carboxylic acids is 3. The molecule has 0 aliphatic carbocycles. The van der Waals surface area contributed by atoms with E-state index in [1.807, 2.05) is 41.5 Å². The maximum absolute atomic E-state index is 11.8. The maximum atomic E-state index is 11.8. The molecule has 0 aromatic heterocycles. The Morgan fingerprint density at radius 1 is 0.408 bits per heavy atom. The molecule has 0 fully saturated rings. The molecule has 0 radical (unpaired) electrons. The molecule has 0 bridgehead atoms. The van der Waals surface area contributed by atoms with Crippen molar-refractivity contribution in [2.45, 2.75) is 175 Å². The summed E-state index contributed by atoms with van der Waals surface area (Å²) in [6, 6.07) is 0. The number of carboxylic acid groups (broad SMARTS) is 3. The molecule has 0 rings (SSSR count). The first kappa shape index (κ1) is 53.6. The van der Waals surface area contributed by atoms with Crippen LogP contribution in [0.2, 0.25) is 0 Å². The fraction of sp³-hybridized carbons (Fsp3) is 0.833. The van der Waals surface area contributed by atoms with Gasteiger partial charge in [-0.15, -0.1) is 0 Å². The Hall–Kier alpha value is -2.17. The van der Waals surface area contributed by atoms with Crippen molar-refractivity contribution in [2.75, 3.05) is 19.8 Å². The van der Waals surface area contributed by atoms with Gasteiger partial charge >= 0.3 is 17.4 Å². The third kappa shape index (κ3) is 18.1. The minimum atomic E-state index is -1.73. The fourth-order valence-electron chi connectivity index (χ4n) is 4.55. The van der Waals surface area contributed by atoms with Crippen molar-refractivity contribution < 1.29 is 58.3 Å². The summed E-state index contributed by atoms with van der Waals surface area (Å²) >= 11 is 0. The molecule has 0 spiro atoms. The molecule has 0 N–H and O–H groups in total. The van der Waals surface area contributed by atoms with E-state index in [2.05, 4.69) is 0 Å². The number of unbranched alkanes of at least 4 members (excludes halogenated alkanes) is 3. The average Bonchev–Trinajstić information content (AvgIpc) is 3.04. The molecule has 282 valence electrons. The van der Waals surface area contributed by atoms with Crippen molar-refractivity contribution in [3.63, 3.8) is 0 Å². The summed E-state index contributed by atoms with van der Waals surface area (Å²) in [6.45, 7) is 17.2. The second-order valence-corrected chi connectivity index (χ2v) is 11.5. The number of Topliss-reactive ketones (excluding diaryl/α,β-unsaturated/α-hetero) is 3. The van der Waals surface area contributed by atoms with Crippen molar-refractivity contribution in [1.82, 2.24) is 0 Å². The molecule has 0 saturated heterocycles. The first-order valence-corrected chi connectivity index (χ1v) is 17.8. The predicted octanol–water partition coefficient (Wildman–Crippen LogP) is 2.83. The Morgan fingerprint density at radius 2 is 0.612 bits per heavy atom. The minimum absolute atomic E-state index is 0. The molecular formula is C36H63AlO12. The molecule has 0 saturated carbocycles. The van der Waals surface area contributed by atoms with Crippen molar-refractivity contribution in [2.24, 2.45) is 0 Å². The van der Waals surface area contributed by atoms with Gasteiger partial charge in [0.1, 0.15) is 0 Å². The fourth-order valence-corrected chi connectivity index (χ4v) is 4.55. The van der Waals surface area contributed by atoms with E-state index in [1.165, 1.54) is 0 Å². The SMILES string of the molecule is CCCCOC(CC)(C(=O)[O-])C(=O)CCC.CCCCOC(CC)(C(=O)[O-])C(=O)CCC.CCCCOC(CC)(C(=O)[O-])C(=O)CCC.[Al+3]. The molecule has 3 atom stereocenters. The summed E-state index contributed by atoms with van der Waals surface area (Å²) < 4.78 is 15.9. The van der Waals surface area contributed by atoms with Gasteiger partial charge in [0.2, 0.25) is 0 Å². The first-order chi connectivity index (χ1) is 22.6. The van der Waals surface area contributed by atoms with E-state index >= 15 is 0 Å². The summed E-state index contributed by atoms with van der Waals surface area (Å²) in [4.78, 5) is 68.7. The van der Waals surface area contributed by atoms with Gasteiger partial charge in [-0.3, -0.25) is 14.4 Å². The summed E-state index contributed by atoms with van der Waals surface area (Å²) in [5.41, 5.74) is -5.19. The Labute approximate surface area is 305 Å². The van der Waals surface area contributed by atoms with E-state index in [1.54, 1.807) is 20.8 Å². The predicted molar refractivity (Wildman–Crippen MR) is 182 cm³/mol. The van der Waals surface area contributed by atoms with Crippen LogP contribution in [0.15, 0.2) is 0 Å². The number of rotatable bonds is 27. The van der Waals surface area contributed by atoms with Crippen LogP contribution < -0.4 is 15.3 Å². The molecule has 13 heteroatoms. The van der Waals surface area contributed by atoms with E-state index in [-0.39, 0.29) is 93.1 Å². The normalized spacial score (nSPS) is 14.1. The average molecular weight is 715 g/mol. The van der Waals surface area contributed by atoms with Gasteiger partial charge in [0.05, 0.1) is 17.9 Å². The Kier molecular flexibility index (Phi) is 33.5. The van der Waals surface area contributed by atoms with E-state index in [0.29, 0.717) is 19.3 Å². The second kappa shape index (κ2) is 30.6. The molecule has 0 aromatic carbocycles. The van der Waals surface area contributed by atoms with E-state index in [9.17, 15) is 44.1 Å². The van der Waals surface area contributed by atoms with Gasteiger partial charge in [0, 0.05) is 39.1 Å². The monoisotopic (exact) mass is 714 g/mol. The number of carbonyl (C=O) groups is 6. The smallest absolute Gasteiger partial charge is 0.546 e. The van der Waals surface area contributed by atoms with Gasteiger partial charge < -0.3 is 43.9 Å². The van der Waals surface area contributed by atoms with Crippen molar-refractivity contribution in [1.29, 1.82) is 0 Å². The van der Waals surface area contributed by atoms with E-state index < -0.39 is 34.7 Å². The summed E-state index contributed by atoms with van der Waals surface area (Å²) in [5, 5.41) is 33.3. The second-order valence-electron chi connectivity index (χ2n) is 11.5. The van der Waals surface area contributed by atoms with Crippen LogP contribution in [0.4, 0.5) is 0 Å². The summed E-state index contributed by atoms with van der Waals surface area (Å²) in [7, 11) is 0. The Balaban J connectivity index is -0.000000307. The van der Waals surface area contributed by atoms with Crippen LogP contribution in [-0.4, -0.2) is 89.2 Å². The molecule has 3 unspecified atom stereocenters. The molecule has 0 aromatic rings. The van der Waals surface area contributed by atoms with Gasteiger partial charge in [-0.05, 0) is 57.8 Å². The van der Waals surface area contributed by atoms with Gasteiger partial charge in [-0.25, -0.2) is 0 Å². The number of carbonyl (C=O) groups excluding carboxylic acids is 6. The zero-order chi connectivity index (χ0) is 37.8. The molecular weight excluding hydrogens is 651 g/mol. The summed E-state index contributed by atoms with van der Waals surface area (Å²) in [5.74, 6) is -5.38. The molecule has 49 heavy (non-hydrogen) atoms. The maximum Gasteiger partial charge on any atom is 3.00 e. The number of ether oxygens (including phenoxy) is 3. The number of carboxylic acids is 3. The third-order valence-corrected chi connectivity index (χ3v) is 7.80. The molecule has 0 amide bonds. The standard InChI is InChI=1S/3C12H22O4.Al/c3*1-4-7-9-16-12(6-3,11(14)15)10(13)8-5-2;/h3*4-9H2,1-3H3,(H,14,15);/q;;;+3/p-3. The van der Waals surface area contributed by atoms with Crippen LogP contribution >= 0.6 is 0 Å².